The summed E-state index contributed by atoms with van der Waals surface area (Å²) < 4.78 is 11.7. The van der Waals surface area contributed by atoms with Gasteiger partial charge in [0, 0.05) is 5.56 Å². The molecule has 0 radical (unpaired) electrons. The summed E-state index contributed by atoms with van der Waals surface area (Å²) in [5, 5.41) is 6.45. The van der Waals surface area contributed by atoms with Gasteiger partial charge in [-0.15, -0.1) is 0 Å². The summed E-state index contributed by atoms with van der Waals surface area (Å²) in [6.45, 7) is 7.14. The monoisotopic (exact) mass is 340 g/mol. The summed E-state index contributed by atoms with van der Waals surface area (Å²) in [4.78, 5) is 12.5. The Hall–Kier alpha value is -2.69. The van der Waals surface area contributed by atoms with Crippen LogP contribution in [0.5, 0.6) is 11.5 Å². The van der Waals surface area contributed by atoms with E-state index < -0.39 is 0 Å². The third kappa shape index (κ3) is 3.40. The van der Waals surface area contributed by atoms with Gasteiger partial charge in [-0.05, 0) is 38.0 Å². The number of hydrogen-bond acceptors (Lipinski definition) is 4. The highest BCUT2D eigenvalue weighted by Gasteiger charge is 2.28. The Kier molecular flexibility index (Phi) is 5.12. The molecule has 0 saturated carbocycles. The van der Waals surface area contributed by atoms with Crippen LogP contribution in [0, 0.1) is 6.92 Å². The third-order valence-corrected chi connectivity index (χ3v) is 4.15. The highest BCUT2D eigenvalue weighted by molar-refractivity contribution is 6.02. The van der Waals surface area contributed by atoms with Gasteiger partial charge >= 0.3 is 0 Å². The van der Waals surface area contributed by atoms with Crippen molar-refractivity contribution >= 4 is 11.6 Å². The van der Waals surface area contributed by atoms with Gasteiger partial charge in [0.25, 0.3) is 5.91 Å². The van der Waals surface area contributed by atoms with E-state index >= 15 is 0 Å². The fourth-order valence-corrected chi connectivity index (χ4v) is 2.98. The molecule has 0 unspecified atom stereocenters. The lowest BCUT2D eigenvalue weighted by molar-refractivity contribution is 0.0935. The van der Waals surface area contributed by atoms with Crippen molar-refractivity contribution in [3.63, 3.8) is 0 Å². The fraction of sp³-hybridized carbons (Fsp3) is 0.350. The van der Waals surface area contributed by atoms with Crippen molar-refractivity contribution in [3.8, 4) is 11.5 Å². The Labute approximate surface area is 148 Å². The number of benzene rings is 2. The SMILES string of the molecule is CCCOc1c(OCC)cccc1[C@H]1NC(=O)c2cccc(C)c2N1. The Bertz CT molecular complexity index is 774. The van der Waals surface area contributed by atoms with Crippen LogP contribution in [0.3, 0.4) is 0 Å². The average molecular weight is 340 g/mol. The molecule has 1 aliphatic rings. The van der Waals surface area contributed by atoms with E-state index in [1.807, 2.05) is 50.2 Å². The van der Waals surface area contributed by atoms with Gasteiger partial charge in [0.2, 0.25) is 0 Å². The quantitative estimate of drug-likeness (QED) is 0.833. The number of nitrogens with one attached hydrogen (secondary N) is 2. The van der Waals surface area contributed by atoms with E-state index in [9.17, 15) is 4.79 Å². The smallest absolute Gasteiger partial charge is 0.255 e. The van der Waals surface area contributed by atoms with Crippen LogP contribution in [-0.2, 0) is 0 Å². The number of carbonyl (C=O) groups is 1. The van der Waals surface area contributed by atoms with E-state index in [1.54, 1.807) is 0 Å². The van der Waals surface area contributed by atoms with Gasteiger partial charge in [0.1, 0.15) is 6.17 Å². The molecule has 0 aromatic heterocycles. The second-order valence-electron chi connectivity index (χ2n) is 6.00. The molecular formula is C20H24N2O3. The first-order valence-electron chi connectivity index (χ1n) is 8.71. The zero-order valence-electron chi connectivity index (χ0n) is 14.9. The molecule has 0 fully saturated rings. The van der Waals surface area contributed by atoms with Gasteiger partial charge in [0.05, 0.1) is 24.5 Å². The summed E-state index contributed by atoms with van der Waals surface area (Å²) in [7, 11) is 0. The maximum atomic E-state index is 12.5. The molecule has 5 heteroatoms. The first-order chi connectivity index (χ1) is 12.2. The van der Waals surface area contributed by atoms with Crippen molar-refractivity contribution in [2.45, 2.75) is 33.4 Å². The largest absolute Gasteiger partial charge is 0.490 e. The van der Waals surface area contributed by atoms with E-state index in [4.69, 9.17) is 9.47 Å². The van der Waals surface area contributed by atoms with E-state index in [2.05, 4.69) is 17.6 Å². The molecule has 1 amide bonds. The molecule has 2 N–H and O–H groups in total. The Morgan fingerprint density at radius 1 is 1.04 bits per heavy atom. The van der Waals surface area contributed by atoms with Crippen LogP contribution in [-0.4, -0.2) is 19.1 Å². The second kappa shape index (κ2) is 7.47. The van der Waals surface area contributed by atoms with Crippen LogP contribution in [0.4, 0.5) is 5.69 Å². The Morgan fingerprint density at radius 2 is 1.84 bits per heavy atom. The predicted octanol–water partition coefficient (Wildman–Crippen LogP) is 4.04. The highest BCUT2D eigenvalue weighted by atomic mass is 16.5. The molecule has 1 atom stereocenters. The molecule has 0 saturated heterocycles. The lowest BCUT2D eigenvalue weighted by Crippen LogP contribution is -2.39. The van der Waals surface area contributed by atoms with Gasteiger partial charge in [-0.25, -0.2) is 0 Å². The molecule has 2 aromatic rings. The van der Waals surface area contributed by atoms with Gasteiger partial charge in [-0.2, -0.15) is 0 Å². The van der Waals surface area contributed by atoms with Crippen LogP contribution in [0.25, 0.3) is 0 Å². The Balaban J connectivity index is 2.00. The first kappa shape index (κ1) is 17.1. The van der Waals surface area contributed by atoms with Crippen LogP contribution in [0.2, 0.25) is 0 Å². The van der Waals surface area contributed by atoms with Crippen molar-refractivity contribution < 1.29 is 14.3 Å². The van der Waals surface area contributed by atoms with Gasteiger partial charge in [-0.3, -0.25) is 4.79 Å². The molecule has 25 heavy (non-hydrogen) atoms. The minimum Gasteiger partial charge on any atom is -0.490 e. The van der Waals surface area contributed by atoms with Crippen molar-refractivity contribution in [1.29, 1.82) is 0 Å². The zero-order valence-corrected chi connectivity index (χ0v) is 14.9. The maximum Gasteiger partial charge on any atom is 0.255 e. The highest BCUT2D eigenvalue weighted by Crippen LogP contribution is 2.38. The molecule has 1 aliphatic heterocycles. The normalized spacial score (nSPS) is 15.8. The van der Waals surface area contributed by atoms with E-state index in [-0.39, 0.29) is 12.1 Å². The second-order valence-corrected chi connectivity index (χ2v) is 6.00. The van der Waals surface area contributed by atoms with E-state index in [0.29, 0.717) is 30.3 Å². The molecule has 0 aliphatic carbocycles. The van der Waals surface area contributed by atoms with Crippen molar-refractivity contribution in [2.24, 2.45) is 0 Å². The van der Waals surface area contributed by atoms with Crippen molar-refractivity contribution in [2.75, 3.05) is 18.5 Å². The van der Waals surface area contributed by atoms with Crippen LogP contribution >= 0.6 is 0 Å². The number of amides is 1. The lowest BCUT2D eigenvalue weighted by atomic mass is 10.0. The number of para-hydroxylation sites is 2. The average Bonchev–Trinajstić information content (AvgIpc) is 2.61. The molecule has 2 aromatic carbocycles. The van der Waals surface area contributed by atoms with Gasteiger partial charge in [-0.1, -0.05) is 31.2 Å². The minimum absolute atomic E-state index is 0.0919. The van der Waals surface area contributed by atoms with E-state index in [0.717, 1.165) is 23.2 Å². The molecule has 0 bridgehead atoms. The summed E-state index contributed by atoms with van der Waals surface area (Å²) in [5.74, 6) is 1.28. The number of rotatable bonds is 6. The number of fused-ring (bicyclic) bond motifs is 1. The number of hydrogen-bond donors (Lipinski definition) is 2. The molecular weight excluding hydrogens is 316 g/mol. The summed E-state index contributed by atoms with van der Waals surface area (Å²) in [6, 6.07) is 11.5. The van der Waals surface area contributed by atoms with Crippen LogP contribution < -0.4 is 20.1 Å². The first-order valence-corrected chi connectivity index (χ1v) is 8.71. The predicted molar refractivity (Wildman–Crippen MR) is 98.4 cm³/mol. The topological polar surface area (TPSA) is 59.6 Å². The summed E-state index contributed by atoms with van der Waals surface area (Å²) >= 11 is 0. The Morgan fingerprint density at radius 3 is 2.60 bits per heavy atom. The van der Waals surface area contributed by atoms with Crippen molar-refractivity contribution in [1.82, 2.24) is 5.32 Å². The molecule has 132 valence electrons. The number of ether oxygens (including phenoxy) is 2. The van der Waals surface area contributed by atoms with Crippen LogP contribution in [0.15, 0.2) is 36.4 Å². The maximum absolute atomic E-state index is 12.5. The summed E-state index contributed by atoms with van der Waals surface area (Å²) in [5.41, 5.74) is 3.42. The molecule has 3 rings (SSSR count). The zero-order chi connectivity index (χ0) is 17.8. The number of anilines is 1. The minimum atomic E-state index is -0.367. The third-order valence-electron chi connectivity index (χ3n) is 4.15. The van der Waals surface area contributed by atoms with Crippen LogP contribution in [0.1, 0.15) is 47.9 Å². The van der Waals surface area contributed by atoms with Gasteiger partial charge in [0.15, 0.2) is 11.5 Å². The standard InChI is InChI=1S/C20H24N2O3/c1-4-12-25-18-15(10-7-11-16(18)24-5-2)19-21-17-13(3)8-6-9-14(17)20(23)22-19/h6-11,19,21H,4-5,12H2,1-3H3,(H,22,23)/t19-/m1/s1. The fourth-order valence-electron chi connectivity index (χ4n) is 2.98. The van der Waals surface area contributed by atoms with Gasteiger partial charge < -0.3 is 20.1 Å². The lowest BCUT2D eigenvalue weighted by Gasteiger charge is -2.30. The number of aryl methyl sites for hydroxylation is 1. The number of carbonyl (C=O) groups excluding carboxylic acids is 1. The molecule has 1 heterocycles. The summed E-state index contributed by atoms with van der Waals surface area (Å²) in [6.07, 6.45) is 0.528. The molecule has 0 spiro atoms. The molecule has 5 nitrogen and oxygen atoms in total. The van der Waals surface area contributed by atoms with E-state index in [1.165, 1.54) is 0 Å². The van der Waals surface area contributed by atoms with Crippen molar-refractivity contribution in [3.05, 3.63) is 53.1 Å².